The number of rotatable bonds is 6. The molecule has 2 amide bonds. The first-order chi connectivity index (χ1) is 10.1. The second-order valence-corrected chi connectivity index (χ2v) is 5.08. The molecule has 1 aromatic carbocycles. The van der Waals surface area contributed by atoms with Crippen LogP contribution < -0.4 is 15.8 Å². The fourth-order valence-electron chi connectivity index (χ4n) is 2.46. The van der Waals surface area contributed by atoms with Gasteiger partial charge in [0.05, 0.1) is 12.7 Å². The number of nitrogens with two attached hydrogens (primary N) is 1. The lowest BCUT2D eigenvalue weighted by atomic mass is 10.1. The van der Waals surface area contributed by atoms with Crippen molar-refractivity contribution in [2.24, 2.45) is 5.73 Å². The molecule has 1 heterocycles. The Hall–Kier alpha value is -2.08. The molecule has 6 heteroatoms. The van der Waals surface area contributed by atoms with Gasteiger partial charge in [-0.1, -0.05) is 0 Å². The number of carbonyl (C=O) groups is 2. The molecule has 2 rings (SSSR count). The van der Waals surface area contributed by atoms with Crippen molar-refractivity contribution >= 4 is 11.8 Å². The van der Waals surface area contributed by atoms with Gasteiger partial charge in [0.15, 0.2) is 0 Å². The van der Waals surface area contributed by atoms with Gasteiger partial charge in [0, 0.05) is 18.7 Å². The fourth-order valence-corrected chi connectivity index (χ4v) is 2.46. The van der Waals surface area contributed by atoms with Gasteiger partial charge in [0.1, 0.15) is 5.75 Å². The zero-order chi connectivity index (χ0) is 15.2. The van der Waals surface area contributed by atoms with Crippen molar-refractivity contribution in [2.45, 2.75) is 12.8 Å². The van der Waals surface area contributed by atoms with E-state index in [1.165, 1.54) is 32.1 Å². The first kappa shape index (κ1) is 15.3. The van der Waals surface area contributed by atoms with Gasteiger partial charge in [-0.25, -0.2) is 0 Å². The molecule has 1 aliphatic rings. The summed E-state index contributed by atoms with van der Waals surface area (Å²) in [4.78, 5) is 25.6. The molecular weight excluding hydrogens is 270 g/mol. The van der Waals surface area contributed by atoms with E-state index in [4.69, 9.17) is 10.5 Å². The topological polar surface area (TPSA) is 84.7 Å². The number of carbonyl (C=O) groups excluding carboxylic acids is 2. The van der Waals surface area contributed by atoms with Crippen molar-refractivity contribution in [3.8, 4) is 5.75 Å². The van der Waals surface area contributed by atoms with Gasteiger partial charge in [-0.2, -0.15) is 0 Å². The third-order valence-electron chi connectivity index (χ3n) is 3.64. The molecule has 0 aliphatic carbocycles. The average molecular weight is 291 g/mol. The molecule has 0 unspecified atom stereocenters. The van der Waals surface area contributed by atoms with Crippen LogP contribution in [0.25, 0.3) is 0 Å². The van der Waals surface area contributed by atoms with Crippen LogP contribution in [0.15, 0.2) is 18.2 Å². The minimum Gasteiger partial charge on any atom is -0.496 e. The first-order valence-corrected chi connectivity index (χ1v) is 7.10. The van der Waals surface area contributed by atoms with Gasteiger partial charge in [-0.15, -0.1) is 0 Å². The Morgan fingerprint density at radius 2 is 2.05 bits per heavy atom. The molecule has 0 aromatic heterocycles. The smallest absolute Gasteiger partial charge is 0.255 e. The summed E-state index contributed by atoms with van der Waals surface area (Å²) in [6.45, 7) is 3.66. The van der Waals surface area contributed by atoms with Crippen LogP contribution in [0.3, 0.4) is 0 Å². The summed E-state index contributed by atoms with van der Waals surface area (Å²) < 4.78 is 5.16. The number of amides is 2. The van der Waals surface area contributed by atoms with E-state index in [1.54, 1.807) is 6.07 Å². The highest BCUT2D eigenvalue weighted by Gasteiger charge is 2.15. The molecule has 3 N–H and O–H groups in total. The van der Waals surface area contributed by atoms with Crippen LogP contribution in [0, 0.1) is 0 Å². The number of hydrogen-bond donors (Lipinski definition) is 2. The molecular formula is C15H21N3O3. The second kappa shape index (κ2) is 7.08. The highest BCUT2D eigenvalue weighted by atomic mass is 16.5. The Kier molecular flexibility index (Phi) is 5.16. The third kappa shape index (κ3) is 3.95. The zero-order valence-electron chi connectivity index (χ0n) is 12.2. The standard InChI is InChI=1S/C15H21N3O3/c1-21-13-10-11(14(16)19)4-5-12(13)15(20)17-6-9-18-7-2-3-8-18/h4-5,10H,2-3,6-9H2,1H3,(H2,16,19)(H,17,20). The Morgan fingerprint density at radius 1 is 1.33 bits per heavy atom. The van der Waals surface area contributed by atoms with Crippen molar-refractivity contribution < 1.29 is 14.3 Å². The monoisotopic (exact) mass is 291 g/mol. The molecule has 114 valence electrons. The van der Waals surface area contributed by atoms with Gasteiger partial charge in [-0.05, 0) is 44.1 Å². The lowest BCUT2D eigenvalue weighted by Gasteiger charge is -2.15. The van der Waals surface area contributed by atoms with Crippen LogP contribution in [-0.2, 0) is 0 Å². The average Bonchev–Trinajstić information content (AvgIpc) is 2.99. The molecule has 1 fully saturated rings. The number of nitrogens with zero attached hydrogens (tertiary/aromatic N) is 1. The molecule has 1 aliphatic heterocycles. The fraction of sp³-hybridized carbons (Fsp3) is 0.467. The second-order valence-electron chi connectivity index (χ2n) is 5.08. The molecule has 0 spiro atoms. The summed E-state index contributed by atoms with van der Waals surface area (Å²) in [6.07, 6.45) is 2.46. The van der Waals surface area contributed by atoms with Gasteiger partial charge in [-0.3, -0.25) is 9.59 Å². The van der Waals surface area contributed by atoms with E-state index in [9.17, 15) is 9.59 Å². The van der Waals surface area contributed by atoms with Gasteiger partial charge < -0.3 is 20.7 Å². The van der Waals surface area contributed by atoms with Crippen molar-refractivity contribution in [3.05, 3.63) is 29.3 Å². The van der Waals surface area contributed by atoms with E-state index >= 15 is 0 Å². The number of nitrogens with one attached hydrogen (secondary N) is 1. The minimum atomic E-state index is -0.547. The quantitative estimate of drug-likeness (QED) is 0.804. The Bertz CT molecular complexity index is 525. The molecule has 0 saturated carbocycles. The highest BCUT2D eigenvalue weighted by molar-refractivity contribution is 5.99. The summed E-state index contributed by atoms with van der Waals surface area (Å²) in [5.41, 5.74) is 5.94. The van der Waals surface area contributed by atoms with E-state index in [0.29, 0.717) is 23.4 Å². The first-order valence-electron chi connectivity index (χ1n) is 7.10. The van der Waals surface area contributed by atoms with Gasteiger partial charge in [0.2, 0.25) is 5.91 Å². The normalized spacial score (nSPS) is 14.9. The summed E-state index contributed by atoms with van der Waals surface area (Å²) >= 11 is 0. The van der Waals surface area contributed by atoms with Gasteiger partial charge >= 0.3 is 0 Å². The number of methoxy groups -OCH3 is 1. The van der Waals surface area contributed by atoms with Crippen LogP contribution >= 0.6 is 0 Å². The summed E-state index contributed by atoms with van der Waals surface area (Å²) in [7, 11) is 1.46. The van der Waals surface area contributed by atoms with E-state index in [2.05, 4.69) is 10.2 Å². The van der Waals surface area contributed by atoms with Gasteiger partial charge in [0.25, 0.3) is 5.91 Å². The van der Waals surface area contributed by atoms with E-state index in [1.807, 2.05) is 0 Å². The van der Waals surface area contributed by atoms with Crippen LogP contribution in [0.2, 0.25) is 0 Å². The molecule has 0 radical (unpaired) electrons. The van der Waals surface area contributed by atoms with Crippen LogP contribution in [0.5, 0.6) is 5.75 Å². The lowest BCUT2D eigenvalue weighted by molar-refractivity contribution is 0.0943. The van der Waals surface area contributed by atoms with E-state index < -0.39 is 5.91 Å². The summed E-state index contributed by atoms with van der Waals surface area (Å²) in [5.74, 6) is -0.402. The molecule has 1 aromatic rings. The van der Waals surface area contributed by atoms with Crippen molar-refractivity contribution in [1.82, 2.24) is 10.2 Å². The molecule has 1 saturated heterocycles. The molecule has 21 heavy (non-hydrogen) atoms. The molecule has 0 atom stereocenters. The maximum atomic E-state index is 12.2. The highest BCUT2D eigenvalue weighted by Crippen LogP contribution is 2.20. The maximum absolute atomic E-state index is 12.2. The Balaban J connectivity index is 1.96. The summed E-state index contributed by atoms with van der Waals surface area (Å²) in [5, 5.41) is 2.87. The van der Waals surface area contributed by atoms with Crippen LogP contribution in [0.1, 0.15) is 33.6 Å². The minimum absolute atomic E-state index is 0.206. The van der Waals surface area contributed by atoms with E-state index in [-0.39, 0.29) is 5.91 Å². The maximum Gasteiger partial charge on any atom is 0.255 e. The van der Waals surface area contributed by atoms with Crippen molar-refractivity contribution in [1.29, 1.82) is 0 Å². The van der Waals surface area contributed by atoms with Crippen LogP contribution in [0.4, 0.5) is 0 Å². The number of likely N-dealkylation sites (tertiary alicyclic amines) is 1. The Labute approximate surface area is 124 Å². The molecule has 0 bridgehead atoms. The number of hydrogen-bond acceptors (Lipinski definition) is 4. The number of ether oxygens (including phenoxy) is 1. The molecule has 6 nitrogen and oxygen atoms in total. The predicted molar refractivity (Wildman–Crippen MR) is 79.5 cm³/mol. The third-order valence-corrected chi connectivity index (χ3v) is 3.64. The predicted octanol–water partition coefficient (Wildman–Crippen LogP) is 0.620. The lowest BCUT2D eigenvalue weighted by Crippen LogP contribution is -2.33. The zero-order valence-corrected chi connectivity index (χ0v) is 12.2. The summed E-state index contributed by atoms with van der Waals surface area (Å²) in [6, 6.07) is 4.57. The van der Waals surface area contributed by atoms with Crippen molar-refractivity contribution in [2.75, 3.05) is 33.3 Å². The largest absolute Gasteiger partial charge is 0.496 e. The van der Waals surface area contributed by atoms with E-state index in [0.717, 1.165) is 19.6 Å². The number of primary amides is 1. The number of benzene rings is 1. The van der Waals surface area contributed by atoms with Crippen LogP contribution in [-0.4, -0.2) is 50.0 Å². The SMILES string of the molecule is COc1cc(C(N)=O)ccc1C(=O)NCCN1CCCC1. The van der Waals surface area contributed by atoms with Crippen molar-refractivity contribution in [3.63, 3.8) is 0 Å². The Morgan fingerprint density at radius 3 is 2.67 bits per heavy atom.